The molecule has 3 fully saturated rings. The van der Waals surface area contributed by atoms with Gasteiger partial charge in [0.2, 0.25) is 11.8 Å². The van der Waals surface area contributed by atoms with Crippen molar-refractivity contribution in [3.8, 4) is 11.5 Å². The molecule has 0 N–H and O–H groups in total. The third-order valence-electron chi connectivity index (χ3n) is 10.9. The Kier molecular flexibility index (Phi) is 9.52. The number of methoxy groups -OCH3 is 1. The molecule has 0 bridgehead atoms. The summed E-state index contributed by atoms with van der Waals surface area (Å²) in [5.41, 5.74) is 3.67. The largest absolute Gasteiger partial charge is 0.493 e. The highest BCUT2D eigenvalue weighted by atomic mass is 35.5. The number of benzene rings is 2. The molecule has 7 rings (SSSR count). The molecular formula is C38H46ClN5O4. The summed E-state index contributed by atoms with van der Waals surface area (Å²) >= 11 is 6.30. The van der Waals surface area contributed by atoms with Gasteiger partial charge >= 0.3 is 0 Å². The van der Waals surface area contributed by atoms with E-state index in [2.05, 4.69) is 22.9 Å². The summed E-state index contributed by atoms with van der Waals surface area (Å²) in [7, 11) is 5.65. The van der Waals surface area contributed by atoms with Gasteiger partial charge in [0.1, 0.15) is 5.82 Å². The Hall–Kier alpha value is -3.82. The van der Waals surface area contributed by atoms with E-state index in [-0.39, 0.29) is 30.4 Å². The third-order valence-corrected chi connectivity index (χ3v) is 11.1. The highest BCUT2D eigenvalue weighted by Crippen LogP contribution is 2.44. The van der Waals surface area contributed by atoms with Crippen molar-refractivity contribution in [1.82, 2.24) is 14.8 Å². The number of aromatic nitrogens is 1. The first-order valence-corrected chi connectivity index (χ1v) is 17.8. The van der Waals surface area contributed by atoms with Crippen LogP contribution in [-0.4, -0.2) is 86.1 Å². The molecule has 3 heterocycles. The maximum Gasteiger partial charge on any atom is 0.236 e. The Morgan fingerprint density at radius 1 is 0.938 bits per heavy atom. The number of hydrogen-bond donors (Lipinski definition) is 0. The summed E-state index contributed by atoms with van der Waals surface area (Å²) in [6.07, 6.45) is 10.1. The lowest BCUT2D eigenvalue weighted by atomic mass is 9.84. The van der Waals surface area contributed by atoms with Crippen LogP contribution in [0, 0.1) is 5.92 Å². The number of amides is 2. The second kappa shape index (κ2) is 14.0. The zero-order chi connectivity index (χ0) is 33.4. The number of pyridine rings is 1. The van der Waals surface area contributed by atoms with Crippen molar-refractivity contribution >= 4 is 34.9 Å². The number of hydrogen-bond acceptors (Lipinski definition) is 7. The Morgan fingerprint density at radius 3 is 2.35 bits per heavy atom. The Bertz CT molecular complexity index is 1620. The molecule has 2 saturated carbocycles. The molecular weight excluding hydrogens is 626 g/mol. The molecule has 3 aromatic rings. The van der Waals surface area contributed by atoms with Crippen LogP contribution in [0.5, 0.6) is 11.5 Å². The molecule has 0 unspecified atom stereocenters. The smallest absolute Gasteiger partial charge is 0.236 e. The SMILES string of the molecule is COc1cc2c(cc1OC1CCC1)[C@H](c1ccc(Cl)cc1)N(c1ccc(N(C)C[C@H]3CC[C@H](N4CCN(C)C(=O)C4)CC3)nc1)C(=O)C2. The fourth-order valence-corrected chi connectivity index (χ4v) is 7.88. The number of nitrogens with zero attached hydrogens (tertiary/aromatic N) is 5. The van der Waals surface area contributed by atoms with Crippen LogP contribution in [0.1, 0.15) is 67.7 Å². The summed E-state index contributed by atoms with van der Waals surface area (Å²) in [4.78, 5) is 39.4. The summed E-state index contributed by atoms with van der Waals surface area (Å²) in [5.74, 6) is 3.08. The molecule has 2 aliphatic heterocycles. The quantitative estimate of drug-likeness (QED) is 0.271. The second-order valence-electron chi connectivity index (χ2n) is 14.0. The molecule has 254 valence electrons. The van der Waals surface area contributed by atoms with Gasteiger partial charge in [-0.1, -0.05) is 23.7 Å². The first kappa shape index (κ1) is 32.7. The van der Waals surface area contributed by atoms with Gasteiger partial charge in [0.15, 0.2) is 11.5 Å². The predicted molar refractivity (Wildman–Crippen MR) is 188 cm³/mol. The standard InChI is InChI=1S/C38H46ClN5O4/c1-41-17-18-43(24-37(41)46)29-13-7-25(8-14-29)23-42(2)35-16-15-30(22-40-35)44-36(45)20-27-19-33(47-3)34(48-31-5-4-6-31)21-32(27)38(44)26-9-11-28(39)12-10-26/h9-12,15-16,19,21-22,25,29,31,38H,4-8,13-14,17-18,20,23-24H2,1-3H3/t25-,29-,38-/m0/s1. The average Bonchev–Trinajstić information content (AvgIpc) is 3.07. The number of fused-ring (bicyclic) bond motifs is 1. The predicted octanol–water partition coefficient (Wildman–Crippen LogP) is 6.12. The minimum atomic E-state index is -0.371. The van der Waals surface area contributed by atoms with Crippen LogP contribution < -0.4 is 19.3 Å². The van der Waals surface area contributed by atoms with Gasteiger partial charge in [-0.15, -0.1) is 0 Å². The van der Waals surface area contributed by atoms with Crippen molar-refractivity contribution in [3.63, 3.8) is 0 Å². The van der Waals surface area contributed by atoms with Crippen LogP contribution in [-0.2, 0) is 16.0 Å². The molecule has 0 spiro atoms. The molecule has 2 amide bonds. The van der Waals surface area contributed by atoms with Crippen LogP contribution in [0.15, 0.2) is 54.7 Å². The van der Waals surface area contributed by atoms with Crippen molar-refractivity contribution in [3.05, 3.63) is 76.4 Å². The number of anilines is 2. The highest BCUT2D eigenvalue weighted by molar-refractivity contribution is 6.30. The number of carbonyl (C=O) groups excluding carboxylic acids is 2. The van der Waals surface area contributed by atoms with E-state index >= 15 is 0 Å². The summed E-state index contributed by atoms with van der Waals surface area (Å²) < 4.78 is 12.1. The molecule has 48 heavy (non-hydrogen) atoms. The molecule has 9 nitrogen and oxygen atoms in total. The normalized spacial score (nSPS) is 23.5. The van der Waals surface area contributed by atoms with Crippen LogP contribution in [0.2, 0.25) is 5.02 Å². The molecule has 4 aliphatic rings. The fraction of sp³-hybridized carbons (Fsp3) is 0.500. The number of halogens is 1. The second-order valence-corrected chi connectivity index (χ2v) is 14.4. The van der Waals surface area contributed by atoms with Gasteiger partial charge in [-0.2, -0.15) is 0 Å². The fourth-order valence-electron chi connectivity index (χ4n) is 7.75. The zero-order valence-corrected chi connectivity index (χ0v) is 29.0. The topological polar surface area (TPSA) is 78.5 Å². The maximum atomic E-state index is 13.9. The molecule has 2 aromatic carbocycles. The minimum Gasteiger partial charge on any atom is -0.493 e. The van der Waals surface area contributed by atoms with E-state index in [1.165, 1.54) is 6.42 Å². The van der Waals surface area contributed by atoms with E-state index in [4.69, 9.17) is 26.1 Å². The van der Waals surface area contributed by atoms with Crippen molar-refractivity contribution in [2.75, 3.05) is 57.2 Å². The summed E-state index contributed by atoms with van der Waals surface area (Å²) in [5, 5.41) is 0.647. The molecule has 1 atom stereocenters. The van der Waals surface area contributed by atoms with Gasteiger partial charge in [-0.25, -0.2) is 4.98 Å². The van der Waals surface area contributed by atoms with Gasteiger partial charge in [0.25, 0.3) is 0 Å². The van der Waals surface area contributed by atoms with E-state index in [9.17, 15) is 9.59 Å². The lowest BCUT2D eigenvalue weighted by Crippen LogP contribution is -2.53. The Labute approximate surface area is 288 Å². The van der Waals surface area contributed by atoms with Crippen LogP contribution in [0.3, 0.4) is 0 Å². The van der Waals surface area contributed by atoms with Gasteiger partial charge in [-0.3, -0.25) is 19.4 Å². The number of likely N-dealkylation sites (N-methyl/N-ethyl adjacent to an activating group) is 1. The van der Waals surface area contributed by atoms with E-state index in [0.717, 1.165) is 92.1 Å². The van der Waals surface area contributed by atoms with Gasteiger partial charge in [-0.05, 0) is 104 Å². The first-order valence-electron chi connectivity index (χ1n) is 17.4. The lowest BCUT2D eigenvalue weighted by molar-refractivity contribution is -0.135. The van der Waals surface area contributed by atoms with Crippen molar-refractivity contribution < 1.29 is 19.1 Å². The monoisotopic (exact) mass is 671 g/mol. The van der Waals surface area contributed by atoms with Crippen molar-refractivity contribution in [2.24, 2.45) is 5.92 Å². The van der Waals surface area contributed by atoms with Crippen LogP contribution in [0.25, 0.3) is 0 Å². The van der Waals surface area contributed by atoms with Crippen LogP contribution in [0.4, 0.5) is 11.5 Å². The molecule has 0 radical (unpaired) electrons. The molecule has 1 aromatic heterocycles. The first-order chi connectivity index (χ1) is 23.3. The highest BCUT2D eigenvalue weighted by Gasteiger charge is 2.37. The lowest BCUT2D eigenvalue weighted by Gasteiger charge is -2.41. The number of piperazine rings is 1. The van der Waals surface area contributed by atoms with Gasteiger partial charge in [0, 0.05) is 44.8 Å². The Morgan fingerprint density at radius 2 is 1.71 bits per heavy atom. The number of ether oxygens (including phenoxy) is 2. The molecule has 2 aliphatic carbocycles. The van der Waals surface area contributed by atoms with Crippen molar-refractivity contribution in [1.29, 1.82) is 0 Å². The van der Waals surface area contributed by atoms with E-state index in [1.54, 1.807) is 7.11 Å². The third kappa shape index (κ3) is 6.72. The average molecular weight is 672 g/mol. The van der Waals surface area contributed by atoms with E-state index in [1.807, 2.05) is 65.5 Å². The van der Waals surface area contributed by atoms with E-state index < -0.39 is 0 Å². The maximum absolute atomic E-state index is 13.9. The number of carbonyl (C=O) groups is 2. The summed E-state index contributed by atoms with van der Waals surface area (Å²) in [6, 6.07) is 15.9. The minimum absolute atomic E-state index is 0.00104. The molecule has 10 heteroatoms. The van der Waals surface area contributed by atoms with Crippen molar-refractivity contribution in [2.45, 2.75) is 69.6 Å². The van der Waals surface area contributed by atoms with Crippen LogP contribution >= 0.6 is 11.6 Å². The van der Waals surface area contributed by atoms with Gasteiger partial charge < -0.3 is 19.3 Å². The number of rotatable bonds is 9. The summed E-state index contributed by atoms with van der Waals surface area (Å²) in [6.45, 7) is 3.27. The molecule has 1 saturated heterocycles. The zero-order valence-electron chi connectivity index (χ0n) is 28.2. The Balaban J connectivity index is 1.08. The van der Waals surface area contributed by atoms with E-state index in [0.29, 0.717) is 29.3 Å². The van der Waals surface area contributed by atoms with Gasteiger partial charge in [0.05, 0.1) is 44.1 Å².